The first-order valence-corrected chi connectivity index (χ1v) is 9.74. The van der Waals surface area contributed by atoms with Crippen LogP contribution in [0.1, 0.15) is 22.8 Å². The number of piperazine rings is 1. The molecule has 1 atom stereocenters. The first kappa shape index (κ1) is 18.3. The molecule has 0 bridgehead atoms. The fourth-order valence-electron chi connectivity index (χ4n) is 4.04. The number of para-hydroxylation sites is 1. The third-order valence-corrected chi connectivity index (χ3v) is 5.56. The quantitative estimate of drug-likeness (QED) is 0.701. The summed E-state index contributed by atoms with van der Waals surface area (Å²) in [5.74, 6) is 0.894. The van der Waals surface area contributed by atoms with Crippen LogP contribution in [0.15, 0.2) is 60.9 Å². The summed E-state index contributed by atoms with van der Waals surface area (Å²) in [6.07, 6.45) is 3.67. The van der Waals surface area contributed by atoms with Crippen molar-refractivity contribution in [2.24, 2.45) is 7.05 Å². The molecule has 0 aliphatic carbocycles. The number of aryl methyl sites for hydroxylation is 2. The van der Waals surface area contributed by atoms with Crippen LogP contribution in [-0.2, 0) is 7.05 Å². The van der Waals surface area contributed by atoms with Gasteiger partial charge in [0.05, 0.1) is 5.56 Å². The van der Waals surface area contributed by atoms with Gasteiger partial charge in [0.15, 0.2) is 0 Å². The summed E-state index contributed by atoms with van der Waals surface area (Å²) >= 11 is 0. The Balaban J connectivity index is 1.58. The van der Waals surface area contributed by atoms with Gasteiger partial charge in [-0.3, -0.25) is 4.79 Å². The first-order valence-electron chi connectivity index (χ1n) is 9.74. The number of hydrogen-bond donors (Lipinski definition) is 0. The molecule has 3 aromatic rings. The van der Waals surface area contributed by atoms with E-state index in [9.17, 15) is 4.79 Å². The molecule has 0 N–H and O–H groups in total. The lowest BCUT2D eigenvalue weighted by atomic mass is 10.0. The van der Waals surface area contributed by atoms with Gasteiger partial charge in [-0.05, 0) is 31.5 Å². The van der Waals surface area contributed by atoms with Crippen molar-refractivity contribution in [1.29, 1.82) is 0 Å². The minimum absolute atomic E-state index is 0.0792. The lowest BCUT2D eigenvalue weighted by Gasteiger charge is -2.41. The number of imidazole rings is 1. The highest BCUT2D eigenvalue weighted by Gasteiger charge is 2.30. The summed E-state index contributed by atoms with van der Waals surface area (Å²) in [6, 6.07) is 16.3. The average molecular weight is 374 g/mol. The van der Waals surface area contributed by atoms with Gasteiger partial charge in [0.1, 0.15) is 5.82 Å². The van der Waals surface area contributed by atoms with Crippen molar-refractivity contribution in [2.75, 3.05) is 24.5 Å². The van der Waals surface area contributed by atoms with E-state index < -0.39 is 0 Å². The molecule has 0 saturated carbocycles. The fraction of sp³-hybridized carbons (Fsp3) is 0.304. The van der Waals surface area contributed by atoms with E-state index in [-0.39, 0.29) is 11.9 Å². The zero-order valence-corrected chi connectivity index (χ0v) is 16.7. The van der Waals surface area contributed by atoms with Crippen LogP contribution in [0.5, 0.6) is 0 Å². The summed E-state index contributed by atoms with van der Waals surface area (Å²) < 4.78 is 1.95. The normalized spacial score (nSPS) is 17.0. The average Bonchev–Trinajstić information content (AvgIpc) is 3.13. The Labute approximate surface area is 166 Å². The monoisotopic (exact) mass is 374 g/mol. The topological polar surface area (TPSA) is 41.4 Å². The number of aromatic nitrogens is 2. The first-order chi connectivity index (χ1) is 13.6. The molecule has 144 valence electrons. The van der Waals surface area contributed by atoms with Crippen LogP contribution in [0.3, 0.4) is 0 Å². The SMILES string of the molecule is Cc1ccccc1N1CCN(C(=O)c2ccccc2-c2nccn2C)C(C)C1. The van der Waals surface area contributed by atoms with Crippen molar-refractivity contribution in [3.63, 3.8) is 0 Å². The van der Waals surface area contributed by atoms with Crippen molar-refractivity contribution < 1.29 is 4.79 Å². The van der Waals surface area contributed by atoms with Gasteiger partial charge in [-0.1, -0.05) is 36.4 Å². The van der Waals surface area contributed by atoms with E-state index in [2.05, 4.69) is 48.0 Å². The van der Waals surface area contributed by atoms with Crippen molar-refractivity contribution in [1.82, 2.24) is 14.5 Å². The molecule has 5 heteroatoms. The molecule has 5 nitrogen and oxygen atoms in total. The van der Waals surface area contributed by atoms with E-state index in [1.54, 1.807) is 6.20 Å². The molecule has 4 rings (SSSR count). The number of nitrogens with zero attached hydrogens (tertiary/aromatic N) is 4. The van der Waals surface area contributed by atoms with E-state index in [1.807, 2.05) is 47.0 Å². The van der Waals surface area contributed by atoms with Crippen LogP contribution < -0.4 is 4.90 Å². The Hall–Kier alpha value is -3.08. The Morgan fingerprint density at radius 2 is 1.82 bits per heavy atom. The van der Waals surface area contributed by atoms with Crippen LogP contribution in [0.4, 0.5) is 5.69 Å². The summed E-state index contributed by atoms with van der Waals surface area (Å²) in [6.45, 7) is 6.66. The summed E-state index contributed by atoms with van der Waals surface area (Å²) in [5, 5.41) is 0. The maximum Gasteiger partial charge on any atom is 0.254 e. The summed E-state index contributed by atoms with van der Waals surface area (Å²) in [7, 11) is 1.95. The molecular formula is C23H26N4O. The second kappa shape index (κ2) is 7.50. The second-order valence-electron chi connectivity index (χ2n) is 7.49. The minimum Gasteiger partial charge on any atom is -0.367 e. The lowest BCUT2D eigenvalue weighted by Crippen LogP contribution is -2.54. The molecule has 2 aromatic carbocycles. The lowest BCUT2D eigenvalue weighted by molar-refractivity contribution is 0.0675. The van der Waals surface area contributed by atoms with Gasteiger partial charge in [0, 0.05) is 56.4 Å². The molecule has 1 aliphatic heterocycles. The van der Waals surface area contributed by atoms with Gasteiger partial charge in [-0.25, -0.2) is 4.98 Å². The number of rotatable bonds is 3. The highest BCUT2D eigenvalue weighted by Crippen LogP contribution is 2.27. The van der Waals surface area contributed by atoms with Gasteiger partial charge in [-0.15, -0.1) is 0 Å². The third-order valence-electron chi connectivity index (χ3n) is 5.56. The van der Waals surface area contributed by atoms with Crippen LogP contribution in [0.2, 0.25) is 0 Å². The highest BCUT2D eigenvalue weighted by atomic mass is 16.2. The number of amides is 1. The number of hydrogen-bond acceptors (Lipinski definition) is 3. The molecule has 2 heterocycles. The minimum atomic E-state index is 0.0792. The molecule has 0 radical (unpaired) electrons. The smallest absolute Gasteiger partial charge is 0.254 e. The van der Waals surface area contributed by atoms with Gasteiger partial charge >= 0.3 is 0 Å². The summed E-state index contributed by atoms with van der Waals surface area (Å²) in [5.41, 5.74) is 4.13. The molecule has 1 unspecified atom stereocenters. The van der Waals surface area contributed by atoms with Crippen LogP contribution >= 0.6 is 0 Å². The fourth-order valence-corrected chi connectivity index (χ4v) is 4.04. The van der Waals surface area contributed by atoms with E-state index in [1.165, 1.54) is 11.3 Å². The largest absolute Gasteiger partial charge is 0.367 e. The van der Waals surface area contributed by atoms with Gasteiger partial charge in [0.2, 0.25) is 0 Å². The van der Waals surface area contributed by atoms with Crippen molar-refractivity contribution in [3.8, 4) is 11.4 Å². The number of benzene rings is 2. The predicted octanol–water partition coefficient (Wildman–Crippen LogP) is 3.75. The third kappa shape index (κ3) is 3.28. The number of anilines is 1. The Morgan fingerprint density at radius 1 is 1.07 bits per heavy atom. The number of carbonyl (C=O) groups is 1. The summed E-state index contributed by atoms with van der Waals surface area (Å²) in [4.78, 5) is 22.2. The van der Waals surface area contributed by atoms with Gasteiger partial charge in [-0.2, -0.15) is 0 Å². The molecule has 0 spiro atoms. The predicted molar refractivity (Wildman–Crippen MR) is 113 cm³/mol. The van der Waals surface area contributed by atoms with E-state index >= 15 is 0 Å². The highest BCUT2D eigenvalue weighted by molar-refractivity contribution is 6.00. The van der Waals surface area contributed by atoms with Gasteiger partial charge in [0.25, 0.3) is 5.91 Å². The molecule has 1 aliphatic rings. The zero-order valence-electron chi connectivity index (χ0n) is 16.7. The maximum absolute atomic E-state index is 13.4. The maximum atomic E-state index is 13.4. The molecule has 28 heavy (non-hydrogen) atoms. The van der Waals surface area contributed by atoms with Gasteiger partial charge < -0.3 is 14.4 Å². The Kier molecular flexibility index (Phi) is 4.90. The van der Waals surface area contributed by atoms with Crippen LogP contribution in [-0.4, -0.2) is 46.0 Å². The van der Waals surface area contributed by atoms with Crippen molar-refractivity contribution in [3.05, 3.63) is 72.1 Å². The Bertz CT molecular complexity index is 994. The second-order valence-corrected chi connectivity index (χ2v) is 7.49. The van der Waals surface area contributed by atoms with E-state index in [4.69, 9.17) is 0 Å². The number of carbonyl (C=O) groups excluding carboxylic acids is 1. The molecule has 1 fully saturated rings. The Morgan fingerprint density at radius 3 is 2.54 bits per heavy atom. The van der Waals surface area contributed by atoms with Crippen LogP contribution in [0.25, 0.3) is 11.4 Å². The molecule has 1 saturated heterocycles. The molecule has 1 aromatic heterocycles. The molecular weight excluding hydrogens is 348 g/mol. The van der Waals surface area contributed by atoms with E-state index in [0.29, 0.717) is 12.1 Å². The zero-order chi connectivity index (χ0) is 19.7. The molecule has 1 amide bonds. The van der Waals surface area contributed by atoms with Crippen molar-refractivity contribution >= 4 is 11.6 Å². The standard InChI is InChI=1S/C23H26N4O/c1-17-8-4-7-11-21(17)26-14-15-27(18(2)16-26)23(28)20-10-6-5-9-19(20)22-24-12-13-25(22)3/h4-13,18H,14-16H2,1-3H3. The van der Waals surface area contributed by atoms with E-state index in [0.717, 1.165) is 24.5 Å². The van der Waals surface area contributed by atoms with Crippen molar-refractivity contribution in [2.45, 2.75) is 19.9 Å². The van der Waals surface area contributed by atoms with Crippen LogP contribution in [0, 0.1) is 6.92 Å².